The molecule has 1 heterocycles. The molecule has 1 saturated heterocycles. The fraction of sp³-hybridized carbons (Fsp3) is 0.909. The third-order valence-electron chi connectivity index (χ3n) is 3.03. The average molecular weight is 294 g/mol. The Morgan fingerprint density at radius 1 is 1.32 bits per heavy atom. The summed E-state index contributed by atoms with van der Waals surface area (Å²) in [6.07, 6.45) is 0.490. The van der Waals surface area contributed by atoms with Crippen molar-refractivity contribution in [3.8, 4) is 0 Å². The van der Waals surface area contributed by atoms with Gasteiger partial charge in [-0.3, -0.25) is 0 Å². The SMILES string of the molecule is COCCNC(=O)N(CCOC)C1CCS(=O)(=O)C1. The number of hydrogen-bond donors (Lipinski definition) is 1. The van der Waals surface area contributed by atoms with Crippen molar-refractivity contribution >= 4 is 15.9 Å². The minimum Gasteiger partial charge on any atom is -0.383 e. The molecular formula is C11H22N2O5S. The lowest BCUT2D eigenvalue weighted by molar-refractivity contribution is 0.131. The topological polar surface area (TPSA) is 84.9 Å². The Kier molecular flexibility index (Phi) is 6.53. The zero-order valence-corrected chi connectivity index (χ0v) is 12.2. The van der Waals surface area contributed by atoms with Crippen LogP contribution in [-0.2, 0) is 19.3 Å². The molecule has 0 radical (unpaired) electrons. The number of carbonyl (C=O) groups excluding carboxylic acids is 1. The van der Waals surface area contributed by atoms with Gasteiger partial charge in [0.25, 0.3) is 0 Å². The van der Waals surface area contributed by atoms with E-state index in [0.29, 0.717) is 32.7 Å². The molecule has 0 aromatic carbocycles. The second-order valence-corrected chi connectivity index (χ2v) is 6.70. The molecule has 2 amide bonds. The van der Waals surface area contributed by atoms with E-state index in [0.717, 1.165) is 0 Å². The van der Waals surface area contributed by atoms with Crippen LogP contribution in [-0.4, -0.2) is 77.4 Å². The van der Waals surface area contributed by atoms with Crippen molar-refractivity contribution in [1.82, 2.24) is 10.2 Å². The Morgan fingerprint density at radius 2 is 2.00 bits per heavy atom. The van der Waals surface area contributed by atoms with Crippen LogP contribution in [0.2, 0.25) is 0 Å². The lowest BCUT2D eigenvalue weighted by atomic mass is 10.2. The molecule has 112 valence electrons. The summed E-state index contributed by atoms with van der Waals surface area (Å²) in [7, 11) is 0.0906. The smallest absolute Gasteiger partial charge is 0.317 e. The molecule has 1 aliphatic heterocycles. The van der Waals surface area contributed by atoms with Gasteiger partial charge in [0.15, 0.2) is 9.84 Å². The van der Waals surface area contributed by atoms with Gasteiger partial charge in [0.1, 0.15) is 0 Å². The van der Waals surface area contributed by atoms with E-state index in [1.54, 1.807) is 19.1 Å². The second kappa shape index (κ2) is 7.66. The van der Waals surface area contributed by atoms with Gasteiger partial charge >= 0.3 is 6.03 Å². The molecule has 0 saturated carbocycles. The van der Waals surface area contributed by atoms with Crippen LogP contribution >= 0.6 is 0 Å². The van der Waals surface area contributed by atoms with Gasteiger partial charge in [-0.25, -0.2) is 13.2 Å². The fourth-order valence-electron chi connectivity index (χ4n) is 2.02. The lowest BCUT2D eigenvalue weighted by Crippen LogP contribution is -2.48. The molecule has 1 rings (SSSR count). The third kappa shape index (κ3) is 5.33. The normalized spacial score (nSPS) is 21.3. The van der Waals surface area contributed by atoms with Crippen molar-refractivity contribution in [1.29, 1.82) is 0 Å². The number of methoxy groups -OCH3 is 2. The van der Waals surface area contributed by atoms with E-state index >= 15 is 0 Å². The molecular weight excluding hydrogens is 272 g/mol. The summed E-state index contributed by atoms with van der Waals surface area (Å²) in [4.78, 5) is 13.6. The van der Waals surface area contributed by atoms with Crippen molar-refractivity contribution in [2.24, 2.45) is 0 Å². The van der Waals surface area contributed by atoms with E-state index < -0.39 is 9.84 Å². The van der Waals surface area contributed by atoms with Crippen LogP contribution < -0.4 is 5.32 Å². The summed E-state index contributed by atoms with van der Waals surface area (Å²) >= 11 is 0. The number of amides is 2. The quantitative estimate of drug-likeness (QED) is 0.639. The molecule has 1 N–H and O–H groups in total. The Balaban J connectivity index is 2.58. The van der Waals surface area contributed by atoms with Gasteiger partial charge < -0.3 is 19.7 Å². The molecule has 0 spiro atoms. The van der Waals surface area contributed by atoms with Crippen molar-refractivity contribution in [2.75, 3.05) is 52.0 Å². The number of sulfone groups is 1. The van der Waals surface area contributed by atoms with Gasteiger partial charge in [0.05, 0.1) is 24.7 Å². The molecule has 1 unspecified atom stereocenters. The van der Waals surface area contributed by atoms with E-state index in [1.807, 2.05) is 0 Å². The molecule has 0 aromatic rings. The van der Waals surface area contributed by atoms with Crippen LogP contribution in [0.4, 0.5) is 4.79 Å². The van der Waals surface area contributed by atoms with E-state index in [1.165, 1.54) is 0 Å². The molecule has 1 fully saturated rings. The van der Waals surface area contributed by atoms with Crippen molar-refractivity contribution < 1.29 is 22.7 Å². The highest BCUT2D eigenvalue weighted by Gasteiger charge is 2.34. The Hall–Kier alpha value is -0.860. The van der Waals surface area contributed by atoms with Gasteiger partial charge in [-0.15, -0.1) is 0 Å². The Morgan fingerprint density at radius 3 is 2.53 bits per heavy atom. The van der Waals surface area contributed by atoms with Crippen molar-refractivity contribution in [3.05, 3.63) is 0 Å². The minimum absolute atomic E-state index is 0.0361. The van der Waals surface area contributed by atoms with Gasteiger partial charge in [0.2, 0.25) is 0 Å². The number of rotatable bonds is 7. The maximum Gasteiger partial charge on any atom is 0.317 e. The molecule has 0 aliphatic carbocycles. The highest BCUT2D eigenvalue weighted by atomic mass is 32.2. The fourth-order valence-corrected chi connectivity index (χ4v) is 3.75. The van der Waals surface area contributed by atoms with Crippen LogP contribution in [0.15, 0.2) is 0 Å². The van der Waals surface area contributed by atoms with Crippen LogP contribution in [0, 0.1) is 0 Å². The Labute approximate surface area is 114 Å². The first kappa shape index (κ1) is 16.2. The Bertz CT molecular complexity index is 385. The van der Waals surface area contributed by atoms with E-state index in [2.05, 4.69) is 5.32 Å². The van der Waals surface area contributed by atoms with E-state index in [9.17, 15) is 13.2 Å². The summed E-state index contributed by atoms with van der Waals surface area (Å²) in [5.41, 5.74) is 0. The summed E-state index contributed by atoms with van der Waals surface area (Å²) in [6.45, 7) is 1.59. The first-order valence-corrected chi connectivity index (χ1v) is 8.05. The van der Waals surface area contributed by atoms with Crippen LogP contribution in [0.5, 0.6) is 0 Å². The molecule has 7 nitrogen and oxygen atoms in total. The molecule has 0 bridgehead atoms. The first-order chi connectivity index (χ1) is 9.00. The molecule has 19 heavy (non-hydrogen) atoms. The number of hydrogen-bond acceptors (Lipinski definition) is 5. The largest absolute Gasteiger partial charge is 0.383 e. The van der Waals surface area contributed by atoms with E-state index in [4.69, 9.17) is 9.47 Å². The summed E-state index contributed by atoms with van der Waals surface area (Å²) in [6, 6.07) is -0.529. The number of nitrogens with zero attached hydrogens (tertiary/aromatic N) is 1. The zero-order valence-electron chi connectivity index (χ0n) is 11.4. The minimum atomic E-state index is -3.01. The van der Waals surface area contributed by atoms with Gasteiger partial charge in [-0.05, 0) is 6.42 Å². The van der Waals surface area contributed by atoms with Crippen LogP contribution in [0.25, 0.3) is 0 Å². The predicted molar refractivity (Wildman–Crippen MR) is 70.9 cm³/mol. The molecule has 0 aromatic heterocycles. The lowest BCUT2D eigenvalue weighted by Gasteiger charge is -2.28. The second-order valence-electron chi connectivity index (χ2n) is 4.47. The van der Waals surface area contributed by atoms with Gasteiger partial charge in [-0.1, -0.05) is 0 Å². The first-order valence-electron chi connectivity index (χ1n) is 6.23. The van der Waals surface area contributed by atoms with Crippen molar-refractivity contribution in [2.45, 2.75) is 12.5 Å². The van der Waals surface area contributed by atoms with Crippen LogP contribution in [0.3, 0.4) is 0 Å². The maximum absolute atomic E-state index is 12.0. The number of carbonyl (C=O) groups is 1. The van der Waals surface area contributed by atoms with Crippen molar-refractivity contribution in [3.63, 3.8) is 0 Å². The summed E-state index contributed by atoms with van der Waals surface area (Å²) < 4.78 is 32.8. The zero-order chi connectivity index (χ0) is 14.3. The van der Waals surface area contributed by atoms with Gasteiger partial charge in [-0.2, -0.15) is 0 Å². The number of ether oxygens (including phenoxy) is 2. The molecule has 1 atom stereocenters. The number of urea groups is 1. The highest BCUT2D eigenvalue weighted by molar-refractivity contribution is 7.91. The van der Waals surface area contributed by atoms with Crippen LogP contribution in [0.1, 0.15) is 6.42 Å². The maximum atomic E-state index is 12.0. The third-order valence-corrected chi connectivity index (χ3v) is 4.78. The molecule has 8 heteroatoms. The summed E-state index contributed by atoms with van der Waals surface area (Å²) in [5, 5.41) is 2.71. The average Bonchev–Trinajstić information content (AvgIpc) is 2.70. The molecule has 1 aliphatic rings. The standard InChI is InChI=1S/C11H22N2O5S/c1-17-6-4-12-11(14)13(5-7-18-2)10-3-8-19(15,16)9-10/h10H,3-9H2,1-2H3,(H,12,14). The van der Waals surface area contributed by atoms with E-state index in [-0.39, 0.29) is 23.6 Å². The van der Waals surface area contributed by atoms with Gasteiger partial charge in [0, 0.05) is 33.4 Å². The number of nitrogens with one attached hydrogen (secondary N) is 1. The monoisotopic (exact) mass is 294 g/mol. The predicted octanol–water partition coefficient (Wildman–Crippen LogP) is -0.522. The summed E-state index contributed by atoms with van der Waals surface area (Å²) in [5.74, 6) is 0.181. The highest BCUT2D eigenvalue weighted by Crippen LogP contribution is 2.17.